The average molecular weight is 538 g/mol. The van der Waals surface area contributed by atoms with Gasteiger partial charge in [0.25, 0.3) is 0 Å². The predicted octanol–water partition coefficient (Wildman–Crippen LogP) is 3.95. The fourth-order valence-corrected chi connectivity index (χ4v) is 3.87. The molecule has 31 heavy (non-hydrogen) atoms. The number of hydrogen-bond donors (Lipinski definition) is 3. The second-order valence-electron chi connectivity index (χ2n) is 7.60. The first kappa shape index (κ1) is 25.3. The number of ether oxygens (including phenoxy) is 1. The summed E-state index contributed by atoms with van der Waals surface area (Å²) in [5.74, 6) is 2.01. The van der Waals surface area contributed by atoms with E-state index in [-0.39, 0.29) is 30.0 Å². The number of likely N-dealkylation sites (tertiary alicyclic amines) is 1. The van der Waals surface area contributed by atoms with E-state index in [4.69, 9.17) is 9.73 Å². The van der Waals surface area contributed by atoms with Crippen LogP contribution in [0.15, 0.2) is 53.5 Å². The van der Waals surface area contributed by atoms with E-state index in [1.807, 2.05) is 24.3 Å². The van der Waals surface area contributed by atoms with Gasteiger partial charge in [0.2, 0.25) is 0 Å². The second kappa shape index (κ2) is 13.4. The van der Waals surface area contributed by atoms with Crippen molar-refractivity contribution in [2.75, 3.05) is 39.8 Å². The van der Waals surface area contributed by atoms with Crippen molar-refractivity contribution in [2.24, 2.45) is 4.99 Å². The summed E-state index contributed by atoms with van der Waals surface area (Å²) in [6.07, 6.45) is 3.32. The molecule has 1 aliphatic heterocycles. The molecule has 0 amide bonds. The van der Waals surface area contributed by atoms with E-state index in [1.54, 1.807) is 19.2 Å². The summed E-state index contributed by atoms with van der Waals surface area (Å²) >= 11 is 0. The molecule has 1 saturated heterocycles. The topological polar surface area (TPSA) is 69.1 Å². The summed E-state index contributed by atoms with van der Waals surface area (Å²) in [5.41, 5.74) is 2.38. The molecule has 1 unspecified atom stereocenters. The number of phenolic OH excluding ortho intramolecular Hbond substituents is 1. The van der Waals surface area contributed by atoms with E-state index in [9.17, 15) is 5.11 Å². The lowest BCUT2D eigenvalue weighted by Crippen LogP contribution is -2.39. The number of aromatic hydroxyl groups is 1. The van der Waals surface area contributed by atoms with Crippen LogP contribution < -0.4 is 15.4 Å². The van der Waals surface area contributed by atoms with Gasteiger partial charge in [-0.15, -0.1) is 24.0 Å². The summed E-state index contributed by atoms with van der Waals surface area (Å²) in [6, 6.07) is 16.0. The smallest absolute Gasteiger partial charge is 0.191 e. The maximum absolute atomic E-state index is 9.63. The number of halogens is 1. The van der Waals surface area contributed by atoms with Gasteiger partial charge in [0.05, 0.1) is 19.7 Å². The van der Waals surface area contributed by atoms with Crippen molar-refractivity contribution >= 4 is 29.9 Å². The quantitative estimate of drug-likeness (QED) is 0.256. The zero-order chi connectivity index (χ0) is 21.2. The molecule has 0 radical (unpaired) electrons. The number of nitrogens with one attached hydrogen (secondary N) is 2. The molecule has 2 aromatic rings. The largest absolute Gasteiger partial charge is 0.508 e. The van der Waals surface area contributed by atoms with Gasteiger partial charge in [0.1, 0.15) is 11.5 Å². The zero-order valence-corrected chi connectivity index (χ0v) is 20.8. The molecule has 0 saturated carbocycles. The Morgan fingerprint density at radius 2 is 1.87 bits per heavy atom. The fraction of sp³-hybridized carbons (Fsp3) is 0.458. The number of hydrogen-bond acceptors (Lipinski definition) is 4. The van der Waals surface area contributed by atoms with E-state index in [2.05, 4.69) is 34.6 Å². The molecule has 0 spiro atoms. The minimum absolute atomic E-state index is 0. The van der Waals surface area contributed by atoms with Crippen LogP contribution in [0.25, 0.3) is 0 Å². The monoisotopic (exact) mass is 538 g/mol. The lowest BCUT2D eigenvalue weighted by atomic mass is 10.1. The molecule has 1 heterocycles. The minimum Gasteiger partial charge on any atom is -0.508 e. The Balaban J connectivity index is 0.00000341. The Hall–Kier alpha value is -2.00. The van der Waals surface area contributed by atoms with Crippen molar-refractivity contribution in [3.8, 4) is 11.5 Å². The van der Waals surface area contributed by atoms with E-state index >= 15 is 0 Å². The number of nitrogens with zero attached hydrogens (tertiary/aromatic N) is 2. The third kappa shape index (κ3) is 7.88. The molecule has 1 atom stereocenters. The van der Waals surface area contributed by atoms with Crippen molar-refractivity contribution < 1.29 is 9.84 Å². The highest BCUT2D eigenvalue weighted by atomic mass is 127. The lowest BCUT2D eigenvalue weighted by Gasteiger charge is -2.27. The van der Waals surface area contributed by atoms with Crippen molar-refractivity contribution in [3.63, 3.8) is 0 Å². The molecular weight excluding hydrogens is 503 g/mol. The maximum Gasteiger partial charge on any atom is 0.191 e. The highest BCUT2D eigenvalue weighted by molar-refractivity contribution is 14.0. The Morgan fingerprint density at radius 1 is 1.13 bits per heavy atom. The van der Waals surface area contributed by atoms with Gasteiger partial charge in [-0.25, -0.2) is 0 Å². The highest BCUT2D eigenvalue weighted by Gasteiger charge is 2.23. The molecule has 3 rings (SSSR count). The van der Waals surface area contributed by atoms with Crippen molar-refractivity contribution in [1.29, 1.82) is 0 Å². The van der Waals surface area contributed by atoms with Gasteiger partial charge in [-0.2, -0.15) is 0 Å². The predicted molar refractivity (Wildman–Crippen MR) is 138 cm³/mol. The van der Waals surface area contributed by atoms with E-state index in [0.717, 1.165) is 49.9 Å². The SMILES string of the molecule is CCNC(=NCC(c1ccc(OC)cc1)N1CCCC1)NCCc1cccc(O)c1.I. The van der Waals surface area contributed by atoms with Crippen molar-refractivity contribution in [1.82, 2.24) is 15.5 Å². The Bertz CT molecular complexity index is 807. The third-order valence-electron chi connectivity index (χ3n) is 5.47. The van der Waals surface area contributed by atoms with Crippen molar-refractivity contribution in [2.45, 2.75) is 32.2 Å². The van der Waals surface area contributed by atoms with Crippen LogP contribution in [0.4, 0.5) is 0 Å². The molecule has 7 heteroatoms. The number of aliphatic imine (C=N–C) groups is 1. The molecular formula is C24H35IN4O2. The first-order chi connectivity index (χ1) is 14.7. The van der Waals surface area contributed by atoms with Gasteiger partial charge in [-0.05, 0) is 74.7 Å². The van der Waals surface area contributed by atoms with Gasteiger partial charge in [0, 0.05) is 13.1 Å². The maximum atomic E-state index is 9.63. The van der Waals surface area contributed by atoms with Crippen LogP contribution in [0.3, 0.4) is 0 Å². The van der Waals surface area contributed by atoms with E-state index in [0.29, 0.717) is 12.3 Å². The van der Waals surface area contributed by atoms with Crippen LogP contribution in [0.5, 0.6) is 11.5 Å². The van der Waals surface area contributed by atoms with E-state index < -0.39 is 0 Å². The van der Waals surface area contributed by atoms with Gasteiger partial charge >= 0.3 is 0 Å². The summed E-state index contributed by atoms with van der Waals surface area (Å²) in [7, 11) is 1.70. The number of methoxy groups -OCH3 is 1. The zero-order valence-electron chi connectivity index (χ0n) is 18.5. The first-order valence-electron chi connectivity index (χ1n) is 10.9. The minimum atomic E-state index is 0. The molecule has 1 fully saturated rings. The van der Waals surface area contributed by atoms with Crippen LogP contribution in [0, 0.1) is 0 Å². The molecule has 1 aliphatic rings. The molecule has 0 aromatic heterocycles. The summed E-state index contributed by atoms with van der Waals surface area (Å²) < 4.78 is 5.32. The van der Waals surface area contributed by atoms with E-state index in [1.165, 1.54) is 18.4 Å². The van der Waals surface area contributed by atoms with Gasteiger partial charge < -0.3 is 20.5 Å². The van der Waals surface area contributed by atoms with Gasteiger partial charge in [-0.3, -0.25) is 9.89 Å². The molecule has 170 valence electrons. The normalized spacial score (nSPS) is 15.2. The van der Waals surface area contributed by atoms with Crippen LogP contribution in [-0.4, -0.2) is 55.8 Å². The third-order valence-corrected chi connectivity index (χ3v) is 5.47. The van der Waals surface area contributed by atoms with Crippen LogP contribution in [0.1, 0.15) is 36.9 Å². The van der Waals surface area contributed by atoms with Gasteiger partial charge in [-0.1, -0.05) is 24.3 Å². The van der Waals surface area contributed by atoms with Crippen LogP contribution in [0.2, 0.25) is 0 Å². The number of phenols is 1. The van der Waals surface area contributed by atoms with Crippen LogP contribution in [-0.2, 0) is 6.42 Å². The first-order valence-corrected chi connectivity index (χ1v) is 10.9. The number of rotatable bonds is 9. The average Bonchev–Trinajstić information content (AvgIpc) is 3.29. The summed E-state index contributed by atoms with van der Waals surface area (Å²) in [6.45, 7) is 6.59. The Kier molecular flexibility index (Phi) is 10.9. The molecule has 6 nitrogen and oxygen atoms in total. The summed E-state index contributed by atoms with van der Waals surface area (Å²) in [5, 5.41) is 16.4. The number of benzene rings is 2. The van der Waals surface area contributed by atoms with Gasteiger partial charge in [0.15, 0.2) is 5.96 Å². The molecule has 0 aliphatic carbocycles. The molecule has 2 aromatic carbocycles. The van der Waals surface area contributed by atoms with Crippen molar-refractivity contribution in [3.05, 3.63) is 59.7 Å². The van der Waals surface area contributed by atoms with Crippen LogP contribution >= 0.6 is 24.0 Å². The molecule has 0 bridgehead atoms. The molecule has 3 N–H and O–H groups in total. The second-order valence-corrected chi connectivity index (χ2v) is 7.60. The summed E-state index contributed by atoms with van der Waals surface area (Å²) in [4.78, 5) is 7.43. The Morgan fingerprint density at radius 3 is 2.52 bits per heavy atom. The fourth-order valence-electron chi connectivity index (χ4n) is 3.87. The number of guanidine groups is 1. The highest BCUT2D eigenvalue weighted by Crippen LogP contribution is 2.27. The Labute approximate surface area is 203 Å². The standard InChI is InChI=1S/C24H34N4O2.HI/c1-3-25-24(26-14-13-19-7-6-8-21(29)17-19)27-18-23(28-15-4-5-16-28)20-9-11-22(30-2)12-10-20;/h6-12,17,23,29H,3-5,13-16,18H2,1-2H3,(H2,25,26,27);1H. The lowest BCUT2D eigenvalue weighted by molar-refractivity contribution is 0.251.